The van der Waals surface area contributed by atoms with E-state index in [0.717, 1.165) is 24.3 Å². The molecular weight excluding hydrogens is 272 g/mol. The van der Waals surface area contributed by atoms with Crippen LogP contribution in [-0.4, -0.2) is 23.5 Å². The lowest BCUT2D eigenvalue weighted by atomic mass is 9.79. The second-order valence-electron chi connectivity index (χ2n) is 6.51. The van der Waals surface area contributed by atoms with E-state index in [1.165, 1.54) is 6.42 Å². The van der Waals surface area contributed by atoms with Gasteiger partial charge in [-0.15, -0.1) is 0 Å². The topological polar surface area (TPSA) is 135 Å². The van der Waals surface area contributed by atoms with Gasteiger partial charge in [0.2, 0.25) is 0 Å². The Kier molecular flexibility index (Phi) is 2.51. The quantitative estimate of drug-likeness (QED) is 0.531. The van der Waals surface area contributed by atoms with Crippen LogP contribution in [-0.2, 0) is 0 Å². The van der Waals surface area contributed by atoms with Crippen LogP contribution in [0.25, 0.3) is 0 Å². The third kappa shape index (κ3) is 1.68. The summed E-state index contributed by atoms with van der Waals surface area (Å²) in [6.07, 6.45) is 3.10. The fraction of sp³-hybridized carbons (Fsp3) is 0.692. The predicted molar refractivity (Wildman–Crippen MR) is 75.1 cm³/mol. The molecule has 4 fully saturated rings. The molecule has 0 aromatic rings. The molecule has 112 valence electrons. The molecule has 0 radical (unpaired) electrons. The van der Waals surface area contributed by atoms with E-state index < -0.39 is 12.1 Å². The summed E-state index contributed by atoms with van der Waals surface area (Å²) in [6, 6.07) is -1.27. The molecule has 0 saturated heterocycles. The number of rotatable bonds is 2. The van der Waals surface area contributed by atoms with Crippen molar-refractivity contribution in [1.29, 1.82) is 0 Å². The summed E-state index contributed by atoms with van der Waals surface area (Å²) in [5.74, 6) is 3.20. The van der Waals surface area contributed by atoms with E-state index in [9.17, 15) is 9.59 Å². The second-order valence-corrected chi connectivity index (χ2v) is 6.51. The van der Waals surface area contributed by atoms with Gasteiger partial charge in [0.15, 0.2) is 0 Å². The van der Waals surface area contributed by atoms with Gasteiger partial charge in [0.25, 0.3) is 0 Å². The van der Waals surface area contributed by atoms with E-state index in [1.54, 1.807) is 0 Å². The highest BCUT2D eigenvalue weighted by Crippen LogP contribution is 2.68. The van der Waals surface area contributed by atoms with Crippen LogP contribution in [0.2, 0.25) is 0 Å². The van der Waals surface area contributed by atoms with Gasteiger partial charge in [0.1, 0.15) is 0 Å². The summed E-state index contributed by atoms with van der Waals surface area (Å²) in [4.78, 5) is 21.7. The zero-order valence-corrected chi connectivity index (χ0v) is 11.5. The molecule has 0 aliphatic heterocycles. The van der Waals surface area contributed by atoms with Gasteiger partial charge in [-0.3, -0.25) is 0 Å². The SMILES string of the molecule is NC(=O)N/N=C1/C[C@@H]2[C@H]3C/C(=N\NC(N)=O)[C@H]4[C@H]3C[C@H]2[C@H]14. The van der Waals surface area contributed by atoms with E-state index in [-0.39, 0.29) is 0 Å². The van der Waals surface area contributed by atoms with Gasteiger partial charge < -0.3 is 11.5 Å². The molecule has 4 saturated carbocycles. The number of primary amides is 2. The molecule has 4 aliphatic carbocycles. The van der Waals surface area contributed by atoms with E-state index >= 15 is 0 Å². The van der Waals surface area contributed by atoms with Crippen molar-refractivity contribution >= 4 is 23.5 Å². The molecule has 0 unspecified atom stereocenters. The minimum absolute atomic E-state index is 0.332. The molecule has 21 heavy (non-hydrogen) atoms. The lowest BCUT2D eigenvalue weighted by molar-refractivity contribution is 0.241. The van der Waals surface area contributed by atoms with E-state index in [0.29, 0.717) is 35.5 Å². The molecule has 0 heterocycles. The van der Waals surface area contributed by atoms with Crippen LogP contribution in [0, 0.1) is 35.5 Å². The molecule has 2 bridgehead atoms. The Morgan fingerprint density at radius 3 is 1.67 bits per heavy atom. The molecule has 4 amide bonds. The summed E-state index contributed by atoms with van der Waals surface area (Å²) < 4.78 is 0. The van der Waals surface area contributed by atoms with Crippen molar-refractivity contribution < 1.29 is 9.59 Å². The molecule has 6 N–H and O–H groups in total. The highest BCUT2D eigenvalue weighted by molar-refractivity contribution is 6.01. The average molecular weight is 290 g/mol. The highest BCUT2D eigenvalue weighted by atomic mass is 16.2. The number of hydrogen-bond acceptors (Lipinski definition) is 4. The highest BCUT2D eigenvalue weighted by Gasteiger charge is 2.67. The van der Waals surface area contributed by atoms with Crippen LogP contribution in [0.1, 0.15) is 19.3 Å². The van der Waals surface area contributed by atoms with Crippen molar-refractivity contribution in [2.24, 2.45) is 57.2 Å². The van der Waals surface area contributed by atoms with Crippen molar-refractivity contribution in [2.75, 3.05) is 0 Å². The summed E-state index contributed by atoms with van der Waals surface area (Å²) >= 11 is 0. The van der Waals surface area contributed by atoms with Crippen LogP contribution in [0.4, 0.5) is 9.59 Å². The number of hydrazone groups is 2. The van der Waals surface area contributed by atoms with Gasteiger partial charge in [-0.1, -0.05) is 0 Å². The molecular formula is C13H18N6O2. The third-order valence-corrected chi connectivity index (χ3v) is 5.78. The van der Waals surface area contributed by atoms with Crippen LogP contribution < -0.4 is 22.3 Å². The van der Waals surface area contributed by atoms with Crippen molar-refractivity contribution in [3.63, 3.8) is 0 Å². The molecule has 8 nitrogen and oxygen atoms in total. The van der Waals surface area contributed by atoms with Gasteiger partial charge >= 0.3 is 12.1 Å². The van der Waals surface area contributed by atoms with Crippen LogP contribution in [0.3, 0.4) is 0 Å². The number of nitrogens with one attached hydrogen (secondary N) is 2. The number of fused-ring (bicyclic) bond motifs is 2. The monoisotopic (exact) mass is 290 g/mol. The first-order valence-electron chi connectivity index (χ1n) is 7.30. The lowest BCUT2D eigenvalue weighted by Crippen LogP contribution is -2.32. The van der Waals surface area contributed by atoms with E-state index in [4.69, 9.17) is 11.5 Å². The largest absolute Gasteiger partial charge is 0.350 e. The summed E-state index contributed by atoms with van der Waals surface area (Å²) in [5, 5.41) is 8.43. The molecule has 0 aromatic heterocycles. The Morgan fingerprint density at radius 2 is 1.29 bits per heavy atom. The van der Waals surface area contributed by atoms with Crippen LogP contribution >= 0.6 is 0 Å². The molecule has 0 aromatic carbocycles. The lowest BCUT2D eigenvalue weighted by Gasteiger charge is -2.24. The van der Waals surface area contributed by atoms with E-state index in [2.05, 4.69) is 21.1 Å². The Bertz CT molecular complexity index is 531. The Labute approximate surface area is 121 Å². The molecule has 0 spiro atoms. The summed E-state index contributed by atoms with van der Waals surface area (Å²) in [5.41, 5.74) is 17.0. The van der Waals surface area contributed by atoms with Crippen LogP contribution in [0.5, 0.6) is 0 Å². The molecule has 4 rings (SSSR count). The zero-order valence-electron chi connectivity index (χ0n) is 11.5. The number of carbonyl (C=O) groups is 2. The first-order chi connectivity index (χ1) is 10.1. The van der Waals surface area contributed by atoms with Crippen molar-refractivity contribution in [2.45, 2.75) is 19.3 Å². The maximum absolute atomic E-state index is 10.9. The summed E-state index contributed by atoms with van der Waals surface area (Å²) in [6.45, 7) is 0. The van der Waals surface area contributed by atoms with Gasteiger partial charge in [0, 0.05) is 23.3 Å². The van der Waals surface area contributed by atoms with Crippen molar-refractivity contribution in [3.8, 4) is 0 Å². The normalized spacial score (nSPS) is 45.5. The zero-order chi connectivity index (χ0) is 14.7. The number of hydrogen-bond donors (Lipinski definition) is 4. The van der Waals surface area contributed by atoms with E-state index in [1.807, 2.05) is 0 Å². The molecule has 8 heteroatoms. The Hall–Kier alpha value is -2.12. The van der Waals surface area contributed by atoms with Gasteiger partial charge in [-0.2, -0.15) is 10.2 Å². The average Bonchev–Trinajstić information content (AvgIpc) is 3.03. The first kappa shape index (κ1) is 12.6. The van der Waals surface area contributed by atoms with Crippen LogP contribution in [0.15, 0.2) is 10.2 Å². The molecule has 4 aliphatic rings. The maximum Gasteiger partial charge on any atom is 0.332 e. The molecule has 6 atom stereocenters. The van der Waals surface area contributed by atoms with Gasteiger partial charge in [-0.25, -0.2) is 20.4 Å². The number of carbonyl (C=O) groups excluding carboxylic acids is 2. The fourth-order valence-corrected chi connectivity index (χ4v) is 5.42. The maximum atomic E-state index is 10.9. The smallest absolute Gasteiger partial charge is 0.332 e. The summed E-state index contributed by atoms with van der Waals surface area (Å²) in [7, 11) is 0. The standard InChI is InChI=1S/C13H18N6O2/c14-12(20)18-16-8-2-4-5-3-9(17-19-13(15)21)11-7(5)1-6(4)10(8)11/h4-7,10-11H,1-3H2,(H3,14,18,20)(H3,15,19,21)/b16-8-,17-9+/t4-,5-,6-,7+,10-,11-/m1/s1. The number of nitrogens with two attached hydrogens (primary N) is 2. The van der Waals surface area contributed by atoms with Gasteiger partial charge in [-0.05, 0) is 42.9 Å². The first-order valence-corrected chi connectivity index (χ1v) is 7.30. The fourth-order valence-electron chi connectivity index (χ4n) is 5.42. The van der Waals surface area contributed by atoms with Gasteiger partial charge in [0.05, 0.1) is 0 Å². The number of urea groups is 2. The van der Waals surface area contributed by atoms with Crippen molar-refractivity contribution in [1.82, 2.24) is 10.9 Å². The number of nitrogens with zero attached hydrogens (tertiary/aromatic N) is 2. The third-order valence-electron chi connectivity index (χ3n) is 5.78. The minimum atomic E-state index is -0.634. The number of amides is 4. The Balaban J connectivity index is 1.63. The Morgan fingerprint density at radius 1 is 0.857 bits per heavy atom. The minimum Gasteiger partial charge on any atom is -0.350 e. The second kappa shape index (κ2) is 4.19. The van der Waals surface area contributed by atoms with Crippen molar-refractivity contribution in [3.05, 3.63) is 0 Å². The predicted octanol–water partition coefficient (Wildman–Crippen LogP) is -0.0431.